The zero-order valence-electron chi connectivity index (χ0n) is 26.7. The Morgan fingerprint density at radius 2 is 0.579 bits per heavy atom. The predicted molar refractivity (Wildman–Crippen MR) is 173 cm³/mol. The van der Waals surface area contributed by atoms with Crippen molar-refractivity contribution in [3.8, 4) is 0 Å². The molecule has 2 nitrogen and oxygen atoms in total. The van der Waals surface area contributed by atoms with Gasteiger partial charge in [-0.2, -0.15) is 0 Å². The first-order valence-electron chi connectivity index (χ1n) is 18.2. The van der Waals surface area contributed by atoms with Crippen LogP contribution in [-0.2, 0) is 0 Å². The van der Waals surface area contributed by atoms with E-state index in [0.29, 0.717) is 0 Å². The van der Waals surface area contributed by atoms with Crippen molar-refractivity contribution in [1.82, 2.24) is 0 Å². The van der Waals surface area contributed by atoms with Crippen LogP contribution in [0.2, 0.25) is 0 Å². The van der Waals surface area contributed by atoms with Crippen LogP contribution < -0.4 is 11.5 Å². The lowest BCUT2D eigenvalue weighted by molar-refractivity contribution is 0.0814. The monoisotopic (exact) mass is 535 g/mol. The predicted octanol–water partition coefficient (Wildman–Crippen LogP) is 11.3. The number of unbranched alkanes of at least 4 members (excludes halogenated alkanes) is 18. The van der Waals surface area contributed by atoms with Gasteiger partial charge in [0.15, 0.2) is 0 Å². The number of nitrogens with two attached hydrogens (primary N) is 2. The van der Waals surface area contributed by atoms with Gasteiger partial charge in [0, 0.05) is 0 Å². The summed E-state index contributed by atoms with van der Waals surface area (Å²) in [6.45, 7) is 6.44. The van der Waals surface area contributed by atoms with E-state index < -0.39 is 0 Å². The van der Waals surface area contributed by atoms with Crippen LogP contribution >= 0.6 is 0 Å². The highest BCUT2D eigenvalue weighted by molar-refractivity contribution is 4.86. The molecule has 4 N–H and O–H groups in total. The SMILES string of the molecule is CCCCCCCCC1CC(CCCCCC)C(CCCCCCCCN)CC1CCCCCCCCN. The molecule has 0 radical (unpaired) electrons. The molecular weight excluding hydrogens is 460 g/mol. The molecule has 0 aromatic rings. The first-order valence-corrected chi connectivity index (χ1v) is 18.2. The maximum atomic E-state index is 5.69. The Labute approximate surface area is 241 Å². The minimum atomic E-state index is 0.872. The third-order valence-corrected chi connectivity index (χ3v) is 9.96. The molecule has 0 spiro atoms. The van der Waals surface area contributed by atoms with Crippen molar-refractivity contribution in [2.45, 2.75) is 194 Å². The summed E-state index contributed by atoms with van der Waals surface area (Å²) in [5.41, 5.74) is 11.4. The van der Waals surface area contributed by atoms with Crippen molar-refractivity contribution in [3.05, 3.63) is 0 Å². The van der Waals surface area contributed by atoms with E-state index in [1.165, 1.54) is 167 Å². The zero-order chi connectivity index (χ0) is 27.5. The van der Waals surface area contributed by atoms with Crippen molar-refractivity contribution in [3.63, 3.8) is 0 Å². The van der Waals surface area contributed by atoms with Gasteiger partial charge in [0.1, 0.15) is 0 Å². The second-order valence-electron chi connectivity index (χ2n) is 13.3. The summed E-state index contributed by atoms with van der Waals surface area (Å²) in [5, 5.41) is 0. The van der Waals surface area contributed by atoms with Gasteiger partial charge in [-0.3, -0.25) is 0 Å². The molecule has 38 heavy (non-hydrogen) atoms. The minimum Gasteiger partial charge on any atom is -0.330 e. The lowest BCUT2D eigenvalue weighted by Gasteiger charge is -2.42. The standard InChI is InChI=1S/C36H74N2/c1-3-5-7-9-14-20-26-35-31-33(25-19-8-6-4-2)34(27-21-15-10-12-17-23-29-37)32-36(35)28-22-16-11-13-18-24-30-38/h33-36H,3-32,37-38H2,1-2H3. The summed E-state index contributed by atoms with van der Waals surface area (Å²) in [5.74, 6) is 4.11. The molecule has 0 aromatic carbocycles. The largest absolute Gasteiger partial charge is 0.330 e. The summed E-state index contributed by atoms with van der Waals surface area (Å²) in [6.07, 6.45) is 40.4. The molecule has 1 aliphatic carbocycles. The van der Waals surface area contributed by atoms with Crippen LogP contribution in [0.4, 0.5) is 0 Å². The average molecular weight is 535 g/mol. The number of hydrogen-bond acceptors (Lipinski definition) is 2. The van der Waals surface area contributed by atoms with Crippen LogP contribution in [0.3, 0.4) is 0 Å². The van der Waals surface area contributed by atoms with Crippen LogP contribution in [0.1, 0.15) is 194 Å². The van der Waals surface area contributed by atoms with E-state index in [1.807, 2.05) is 0 Å². The molecule has 0 aliphatic heterocycles. The maximum absolute atomic E-state index is 5.69. The second-order valence-corrected chi connectivity index (χ2v) is 13.3. The van der Waals surface area contributed by atoms with E-state index >= 15 is 0 Å². The molecule has 0 saturated heterocycles. The topological polar surface area (TPSA) is 52.0 Å². The third kappa shape index (κ3) is 19.1. The molecule has 1 saturated carbocycles. The van der Waals surface area contributed by atoms with E-state index in [1.54, 1.807) is 12.8 Å². The highest BCUT2D eigenvalue weighted by atomic mass is 14.5. The molecule has 1 aliphatic rings. The van der Waals surface area contributed by atoms with Gasteiger partial charge in [0.05, 0.1) is 0 Å². The molecule has 2 heteroatoms. The summed E-state index contributed by atoms with van der Waals surface area (Å²) >= 11 is 0. The number of rotatable bonds is 28. The first-order chi connectivity index (χ1) is 18.8. The molecule has 1 rings (SSSR count). The molecular formula is C36H74N2. The second kappa shape index (κ2) is 27.1. The van der Waals surface area contributed by atoms with Gasteiger partial charge in [0.2, 0.25) is 0 Å². The fourth-order valence-corrected chi connectivity index (χ4v) is 7.50. The lowest BCUT2D eigenvalue weighted by atomic mass is 9.63. The molecule has 0 bridgehead atoms. The van der Waals surface area contributed by atoms with E-state index in [2.05, 4.69) is 13.8 Å². The van der Waals surface area contributed by atoms with Gasteiger partial charge in [-0.15, -0.1) is 0 Å². The molecule has 0 aromatic heterocycles. The Morgan fingerprint density at radius 3 is 0.868 bits per heavy atom. The van der Waals surface area contributed by atoms with Crippen molar-refractivity contribution in [2.24, 2.45) is 35.1 Å². The summed E-state index contributed by atoms with van der Waals surface area (Å²) in [4.78, 5) is 0. The molecule has 4 unspecified atom stereocenters. The summed E-state index contributed by atoms with van der Waals surface area (Å²) in [7, 11) is 0. The van der Waals surface area contributed by atoms with Gasteiger partial charge < -0.3 is 11.5 Å². The highest BCUT2D eigenvalue weighted by Gasteiger charge is 2.35. The molecule has 0 heterocycles. The van der Waals surface area contributed by atoms with Crippen molar-refractivity contribution in [1.29, 1.82) is 0 Å². The van der Waals surface area contributed by atoms with E-state index in [-0.39, 0.29) is 0 Å². The van der Waals surface area contributed by atoms with Gasteiger partial charge in [0.25, 0.3) is 0 Å². The Balaban J connectivity index is 2.62. The summed E-state index contributed by atoms with van der Waals surface area (Å²) < 4.78 is 0. The Morgan fingerprint density at radius 1 is 0.342 bits per heavy atom. The van der Waals surface area contributed by atoms with E-state index in [9.17, 15) is 0 Å². The summed E-state index contributed by atoms with van der Waals surface area (Å²) in [6, 6.07) is 0. The first kappa shape index (κ1) is 35.9. The lowest BCUT2D eigenvalue weighted by Crippen LogP contribution is -2.32. The fraction of sp³-hybridized carbons (Fsp3) is 1.00. The van der Waals surface area contributed by atoms with Crippen molar-refractivity contribution < 1.29 is 0 Å². The maximum Gasteiger partial charge on any atom is -0.00773 e. The van der Waals surface area contributed by atoms with Crippen molar-refractivity contribution in [2.75, 3.05) is 13.1 Å². The molecule has 0 amide bonds. The highest BCUT2D eigenvalue weighted by Crippen LogP contribution is 2.46. The van der Waals surface area contributed by atoms with Gasteiger partial charge in [-0.25, -0.2) is 0 Å². The van der Waals surface area contributed by atoms with Crippen molar-refractivity contribution >= 4 is 0 Å². The van der Waals surface area contributed by atoms with Crippen LogP contribution in [0, 0.1) is 23.7 Å². The Bertz CT molecular complexity index is 464. The van der Waals surface area contributed by atoms with Gasteiger partial charge in [-0.05, 0) is 62.4 Å². The average Bonchev–Trinajstić information content (AvgIpc) is 2.93. The van der Waals surface area contributed by atoms with Crippen LogP contribution in [-0.4, -0.2) is 13.1 Å². The Kier molecular flexibility index (Phi) is 25.6. The van der Waals surface area contributed by atoms with Gasteiger partial charge >= 0.3 is 0 Å². The van der Waals surface area contributed by atoms with Crippen LogP contribution in [0.15, 0.2) is 0 Å². The quantitative estimate of drug-likeness (QED) is 0.0980. The van der Waals surface area contributed by atoms with Gasteiger partial charge in [-0.1, -0.05) is 168 Å². The molecule has 4 atom stereocenters. The van der Waals surface area contributed by atoms with E-state index in [0.717, 1.165) is 36.8 Å². The minimum absolute atomic E-state index is 0.872. The van der Waals surface area contributed by atoms with E-state index in [4.69, 9.17) is 11.5 Å². The molecule has 228 valence electrons. The fourth-order valence-electron chi connectivity index (χ4n) is 7.50. The third-order valence-electron chi connectivity index (χ3n) is 9.96. The molecule has 1 fully saturated rings. The number of hydrogen-bond donors (Lipinski definition) is 2. The normalized spacial score (nSPS) is 21.8. The van der Waals surface area contributed by atoms with Crippen LogP contribution in [0.5, 0.6) is 0 Å². The van der Waals surface area contributed by atoms with Crippen LogP contribution in [0.25, 0.3) is 0 Å². The smallest absolute Gasteiger partial charge is 0.00773 e. The zero-order valence-corrected chi connectivity index (χ0v) is 26.7. The Hall–Kier alpha value is -0.0800.